The fraction of sp³-hybridized carbons (Fsp3) is 0.364. The maximum absolute atomic E-state index is 13.4. The largest absolute Gasteiger partial charge is 0.495 e. The third kappa shape index (κ3) is 4.29. The summed E-state index contributed by atoms with van der Waals surface area (Å²) in [6.07, 6.45) is -1.54. The molecule has 0 unspecified atom stereocenters. The zero-order valence-corrected chi connectivity index (χ0v) is 18.5. The minimum absolute atomic E-state index is 0.000435. The number of aromatic amines is 1. The summed E-state index contributed by atoms with van der Waals surface area (Å²) in [5.41, 5.74) is -0.0471. The van der Waals surface area contributed by atoms with Crippen molar-refractivity contribution >= 4 is 26.4 Å². The van der Waals surface area contributed by atoms with E-state index in [-0.39, 0.29) is 21.2 Å². The first-order valence-electron chi connectivity index (χ1n) is 10.2. The molecule has 1 aliphatic heterocycles. The molecule has 0 aliphatic carbocycles. The number of hydrogen-bond donors (Lipinski definition) is 2. The summed E-state index contributed by atoms with van der Waals surface area (Å²) in [6.45, 7) is 1.85. The first kappa shape index (κ1) is 22.5. The average Bonchev–Trinajstić information content (AvgIpc) is 3.19. The van der Waals surface area contributed by atoms with Gasteiger partial charge in [0.15, 0.2) is 0 Å². The zero-order chi connectivity index (χ0) is 23.1. The fourth-order valence-electron chi connectivity index (χ4n) is 3.96. The van der Waals surface area contributed by atoms with Gasteiger partial charge in [-0.2, -0.15) is 13.2 Å². The Hall–Kier alpha value is -2.72. The number of H-pyrrole nitrogens is 1. The first-order chi connectivity index (χ1) is 15.1. The van der Waals surface area contributed by atoms with Crippen molar-refractivity contribution < 1.29 is 26.3 Å². The number of ether oxygens (including phenoxy) is 1. The highest BCUT2D eigenvalue weighted by atomic mass is 32.2. The molecule has 6 nitrogen and oxygen atoms in total. The van der Waals surface area contributed by atoms with E-state index in [1.807, 2.05) is 0 Å². The summed E-state index contributed by atoms with van der Waals surface area (Å²) in [6, 6.07) is 7.63. The molecule has 172 valence electrons. The number of benzene rings is 2. The fourth-order valence-corrected chi connectivity index (χ4v) is 5.41. The second-order valence-electron chi connectivity index (χ2n) is 8.00. The van der Waals surface area contributed by atoms with Crippen LogP contribution < -0.4 is 10.1 Å². The van der Waals surface area contributed by atoms with E-state index in [1.165, 1.54) is 31.5 Å². The highest BCUT2D eigenvalue weighted by molar-refractivity contribution is 7.91. The van der Waals surface area contributed by atoms with Gasteiger partial charge in [-0.25, -0.2) is 8.42 Å². The van der Waals surface area contributed by atoms with Crippen LogP contribution in [0.2, 0.25) is 0 Å². The molecule has 32 heavy (non-hydrogen) atoms. The molecule has 0 spiro atoms. The summed E-state index contributed by atoms with van der Waals surface area (Å²) >= 11 is 0. The average molecular weight is 468 g/mol. The first-order valence-corrected chi connectivity index (χ1v) is 11.6. The molecule has 0 amide bonds. The van der Waals surface area contributed by atoms with Gasteiger partial charge in [0.25, 0.3) is 0 Å². The van der Waals surface area contributed by atoms with Gasteiger partial charge in [0.05, 0.1) is 28.2 Å². The van der Waals surface area contributed by atoms with Crippen LogP contribution in [-0.4, -0.2) is 51.6 Å². The Kier molecular flexibility index (Phi) is 5.85. The molecule has 2 N–H and O–H groups in total. The predicted molar refractivity (Wildman–Crippen MR) is 116 cm³/mol. The molecule has 0 atom stereocenters. The van der Waals surface area contributed by atoms with Crippen LogP contribution in [0.4, 0.5) is 18.9 Å². The third-order valence-electron chi connectivity index (χ3n) is 5.82. The lowest BCUT2D eigenvalue weighted by molar-refractivity contribution is -0.137. The van der Waals surface area contributed by atoms with E-state index in [0.29, 0.717) is 17.0 Å². The number of methoxy groups -OCH3 is 1. The van der Waals surface area contributed by atoms with Crippen molar-refractivity contribution in [3.05, 3.63) is 48.2 Å². The summed E-state index contributed by atoms with van der Waals surface area (Å²) in [5, 5.41) is 3.37. The van der Waals surface area contributed by atoms with Crippen molar-refractivity contribution in [2.75, 3.05) is 32.6 Å². The molecule has 1 fully saturated rings. The topological polar surface area (TPSA) is 74.4 Å². The van der Waals surface area contributed by atoms with Gasteiger partial charge in [0.2, 0.25) is 9.84 Å². The van der Waals surface area contributed by atoms with Crippen molar-refractivity contribution in [1.82, 2.24) is 9.88 Å². The molecule has 4 rings (SSSR count). The number of likely N-dealkylation sites (tertiary alicyclic amines) is 1. The standard InChI is InChI=1S/C22H24F3N3O3S/c1-28-9-7-15(8-10-28)27-19-12-16(4-6-20(19)31-2)32(29,30)21-13-26-18-5-3-14(11-17(18)21)22(23,24)25/h3-6,11-13,15,26-27H,7-10H2,1-2H3. The molecule has 0 radical (unpaired) electrons. The van der Waals surface area contributed by atoms with Gasteiger partial charge in [-0.1, -0.05) is 0 Å². The summed E-state index contributed by atoms with van der Waals surface area (Å²) < 4.78 is 71.7. The zero-order valence-electron chi connectivity index (χ0n) is 17.7. The molecule has 0 bridgehead atoms. The van der Waals surface area contributed by atoms with Gasteiger partial charge in [-0.3, -0.25) is 0 Å². The monoisotopic (exact) mass is 467 g/mol. The van der Waals surface area contributed by atoms with Gasteiger partial charge in [-0.05, 0) is 69.4 Å². The van der Waals surface area contributed by atoms with Crippen LogP contribution in [0.15, 0.2) is 52.4 Å². The van der Waals surface area contributed by atoms with Crippen LogP contribution in [0, 0.1) is 0 Å². The van der Waals surface area contributed by atoms with Gasteiger partial charge in [0, 0.05) is 23.1 Å². The lowest BCUT2D eigenvalue weighted by Crippen LogP contribution is -2.36. The van der Waals surface area contributed by atoms with Gasteiger partial charge >= 0.3 is 6.18 Å². The van der Waals surface area contributed by atoms with E-state index >= 15 is 0 Å². The highest BCUT2D eigenvalue weighted by Gasteiger charge is 2.32. The normalized spacial score (nSPS) is 16.4. The number of hydrogen-bond acceptors (Lipinski definition) is 5. The molecule has 1 aromatic heterocycles. The number of halogens is 3. The van der Waals surface area contributed by atoms with Gasteiger partial charge in [0.1, 0.15) is 5.75 Å². The highest BCUT2D eigenvalue weighted by Crippen LogP contribution is 2.36. The second-order valence-corrected chi connectivity index (χ2v) is 9.92. The number of anilines is 1. The minimum Gasteiger partial charge on any atom is -0.495 e. The number of rotatable bonds is 5. The number of sulfone groups is 1. The van der Waals surface area contributed by atoms with Crippen LogP contribution in [0.3, 0.4) is 0 Å². The smallest absolute Gasteiger partial charge is 0.416 e. The van der Waals surface area contributed by atoms with Crippen molar-refractivity contribution in [2.24, 2.45) is 0 Å². The Morgan fingerprint density at radius 3 is 2.50 bits per heavy atom. The Morgan fingerprint density at radius 1 is 1.12 bits per heavy atom. The van der Waals surface area contributed by atoms with Gasteiger partial charge in [-0.15, -0.1) is 0 Å². The predicted octanol–water partition coefficient (Wildman–Crippen LogP) is 4.53. The Labute approximate surface area is 184 Å². The number of piperidine rings is 1. The van der Waals surface area contributed by atoms with E-state index in [9.17, 15) is 21.6 Å². The number of fused-ring (bicyclic) bond motifs is 1. The minimum atomic E-state index is -4.57. The van der Waals surface area contributed by atoms with Crippen LogP contribution in [-0.2, 0) is 16.0 Å². The summed E-state index contributed by atoms with van der Waals surface area (Å²) in [4.78, 5) is 4.76. The number of aromatic nitrogens is 1. The van der Waals surface area contributed by atoms with Crippen molar-refractivity contribution in [2.45, 2.75) is 34.9 Å². The lowest BCUT2D eigenvalue weighted by atomic mass is 10.1. The maximum Gasteiger partial charge on any atom is 0.416 e. The van der Waals surface area contributed by atoms with E-state index in [0.717, 1.165) is 38.1 Å². The van der Waals surface area contributed by atoms with Crippen LogP contribution >= 0.6 is 0 Å². The molecule has 10 heteroatoms. The molecule has 2 heterocycles. The van der Waals surface area contributed by atoms with E-state index < -0.39 is 21.6 Å². The number of nitrogens with one attached hydrogen (secondary N) is 2. The third-order valence-corrected chi connectivity index (χ3v) is 7.61. The molecular weight excluding hydrogens is 443 g/mol. The molecular formula is C22H24F3N3O3S. The summed E-state index contributed by atoms with van der Waals surface area (Å²) in [7, 11) is -0.531. The molecule has 1 aliphatic rings. The van der Waals surface area contributed by atoms with Crippen LogP contribution in [0.25, 0.3) is 10.9 Å². The SMILES string of the molecule is COc1ccc(S(=O)(=O)c2c[nH]c3ccc(C(F)(F)F)cc23)cc1NC1CCN(C)CC1. The Morgan fingerprint density at radius 2 is 1.84 bits per heavy atom. The summed E-state index contributed by atoms with van der Waals surface area (Å²) in [5.74, 6) is 0.501. The van der Waals surface area contributed by atoms with Crippen LogP contribution in [0.1, 0.15) is 18.4 Å². The molecule has 0 saturated carbocycles. The van der Waals surface area contributed by atoms with E-state index in [4.69, 9.17) is 4.74 Å². The number of alkyl halides is 3. The van der Waals surface area contributed by atoms with Gasteiger partial charge < -0.3 is 19.9 Å². The van der Waals surface area contributed by atoms with E-state index in [1.54, 1.807) is 6.07 Å². The quantitative estimate of drug-likeness (QED) is 0.577. The lowest BCUT2D eigenvalue weighted by Gasteiger charge is -2.30. The maximum atomic E-state index is 13.4. The molecule has 3 aromatic rings. The Bertz CT molecular complexity index is 1230. The Balaban J connectivity index is 1.73. The van der Waals surface area contributed by atoms with E-state index in [2.05, 4.69) is 22.2 Å². The molecule has 2 aromatic carbocycles. The van der Waals surface area contributed by atoms with Crippen molar-refractivity contribution in [1.29, 1.82) is 0 Å². The van der Waals surface area contributed by atoms with Crippen molar-refractivity contribution in [3.8, 4) is 5.75 Å². The second kappa shape index (κ2) is 8.32. The van der Waals surface area contributed by atoms with Crippen molar-refractivity contribution in [3.63, 3.8) is 0 Å². The van der Waals surface area contributed by atoms with Crippen LogP contribution in [0.5, 0.6) is 5.75 Å². The number of nitrogens with zero attached hydrogens (tertiary/aromatic N) is 1. The molecule has 1 saturated heterocycles.